The molecule has 56 heavy (non-hydrogen) atoms. The number of benzene rings is 8. The van der Waals surface area contributed by atoms with Crippen molar-refractivity contribution in [3.63, 3.8) is 0 Å². The van der Waals surface area contributed by atoms with Gasteiger partial charge < -0.3 is 10.6 Å². The zero-order valence-electron chi connectivity index (χ0n) is 30.1. The van der Waals surface area contributed by atoms with Crippen molar-refractivity contribution in [2.45, 2.75) is 0 Å². The first kappa shape index (κ1) is 30.7. The van der Waals surface area contributed by atoms with E-state index in [0.29, 0.717) is 11.9 Å². The van der Waals surface area contributed by atoms with Gasteiger partial charge in [0.15, 0.2) is 0 Å². The lowest BCUT2D eigenvalue weighted by molar-refractivity contribution is 0.858. The van der Waals surface area contributed by atoms with Gasteiger partial charge in [-0.25, -0.2) is 9.98 Å². The highest BCUT2D eigenvalue weighted by atomic mass is 15.5. The van der Waals surface area contributed by atoms with Crippen molar-refractivity contribution in [3.8, 4) is 0 Å². The van der Waals surface area contributed by atoms with Gasteiger partial charge in [0.25, 0.3) is 0 Å². The molecule has 0 bridgehead atoms. The molecule has 0 spiro atoms. The van der Waals surface area contributed by atoms with Gasteiger partial charge in [-0.3, -0.25) is 10.9 Å². The molecule has 8 aromatic carbocycles. The summed E-state index contributed by atoms with van der Waals surface area (Å²) in [5, 5.41) is 16.7. The SMILES string of the molecule is C1=Cc2ccc(N=C(NNC(=Nc3ccc4c5c(cccc35)C=C4)Nc3ccc4c5c(cccc35)C=C4)Nc3ccc4c5c(cccc35)C=C4)c3cccc1c23. The van der Waals surface area contributed by atoms with Gasteiger partial charge in [0.2, 0.25) is 11.9 Å². The molecular formula is C50H32N6. The van der Waals surface area contributed by atoms with E-state index in [1.54, 1.807) is 0 Å². The van der Waals surface area contributed by atoms with Crippen molar-refractivity contribution in [1.29, 1.82) is 0 Å². The molecule has 6 heteroatoms. The number of aliphatic imine (C=N–C) groups is 2. The summed E-state index contributed by atoms with van der Waals surface area (Å²) in [5.41, 5.74) is 20.2. The summed E-state index contributed by atoms with van der Waals surface area (Å²) in [6.07, 6.45) is 17.4. The summed E-state index contributed by atoms with van der Waals surface area (Å²) in [6.45, 7) is 0. The quantitative estimate of drug-likeness (QED) is 0.0831. The standard InChI is InChI=1S/C50H32N6/c1-5-29-13-17-33-21-25-41(37(9-1)45(29)33)51-49(52-42-26-22-34-18-14-30-6-2-10-38(42)46(30)34)55-56-50(53-43-27-23-35-19-15-31-7-3-11-39(43)47(31)35)54-44-28-24-36-20-16-32-8-4-12-40(44)48(32)36/h1-28H,(H2,51,52,55)(H2,53,54,56). The van der Waals surface area contributed by atoms with E-state index in [0.717, 1.165) is 44.3 Å². The Morgan fingerprint density at radius 1 is 0.304 bits per heavy atom. The maximum Gasteiger partial charge on any atom is 0.220 e. The van der Waals surface area contributed by atoms with Crippen LogP contribution >= 0.6 is 0 Å². The van der Waals surface area contributed by atoms with Crippen LogP contribution in [0.5, 0.6) is 0 Å². The van der Waals surface area contributed by atoms with Crippen molar-refractivity contribution in [2.24, 2.45) is 9.98 Å². The monoisotopic (exact) mass is 716 g/mol. The van der Waals surface area contributed by atoms with Crippen molar-refractivity contribution in [1.82, 2.24) is 10.9 Å². The number of hydrogen-bond acceptors (Lipinski definition) is 2. The molecule has 4 aliphatic carbocycles. The summed E-state index contributed by atoms with van der Waals surface area (Å²) < 4.78 is 0. The largest absolute Gasteiger partial charge is 0.324 e. The zero-order chi connectivity index (χ0) is 36.7. The van der Waals surface area contributed by atoms with Gasteiger partial charge in [-0.05, 0) is 90.3 Å². The molecule has 0 atom stereocenters. The van der Waals surface area contributed by atoms with E-state index in [-0.39, 0.29) is 0 Å². The highest BCUT2D eigenvalue weighted by Crippen LogP contribution is 2.40. The fourth-order valence-electron chi connectivity index (χ4n) is 8.85. The van der Waals surface area contributed by atoms with Crippen LogP contribution in [0.15, 0.2) is 131 Å². The molecule has 0 aromatic heterocycles. The molecule has 4 aliphatic rings. The Bertz CT molecular complexity index is 2980. The second-order valence-electron chi connectivity index (χ2n) is 14.6. The van der Waals surface area contributed by atoms with Crippen molar-refractivity contribution in [3.05, 3.63) is 166 Å². The summed E-state index contributed by atoms with van der Waals surface area (Å²) in [6, 6.07) is 42.7. The van der Waals surface area contributed by atoms with Gasteiger partial charge in [-0.2, -0.15) is 0 Å². The van der Waals surface area contributed by atoms with Gasteiger partial charge in [0, 0.05) is 32.9 Å². The molecule has 262 valence electrons. The maximum absolute atomic E-state index is 5.30. The molecule has 0 amide bonds. The first-order valence-electron chi connectivity index (χ1n) is 18.9. The number of hydrogen-bond donors (Lipinski definition) is 4. The lowest BCUT2D eigenvalue weighted by Crippen LogP contribution is -2.47. The van der Waals surface area contributed by atoms with E-state index >= 15 is 0 Å². The van der Waals surface area contributed by atoms with Crippen LogP contribution in [0, 0.1) is 0 Å². The van der Waals surface area contributed by atoms with Crippen LogP contribution in [0.3, 0.4) is 0 Å². The number of anilines is 2. The molecule has 0 aliphatic heterocycles. The number of guanidine groups is 2. The molecular weight excluding hydrogens is 685 g/mol. The molecule has 4 N–H and O–H groups in total. The molecule has 6 nitrogen and oxygen atoms in total. The summed E-state index contributed by atoms with van der Waals surface area (Å²) >= 11 is 0. The topological polar surface area (TPSA) is 72.8 Å². The maximum atomic E-state index is 5.30. The Hall–Kier alpha value is -7.70. The number of nitrogens with one attached hydrogen (secondary N) is 4. The third kappa shape index (κ3) is 4.76. The van der Waals surface area contributed by atoms with Crippen LogP contribution < -0.4 is 21.5 Å². The molecule has 8 aromatic rings. The highest BCUT2D eigenvalue weighted by Gasteiger charge is 2.18. The minimum Gasteiger partial charge on any atom is -0.324 e. The molecule has 0 saturated carbocycles. The molecule has 0 unspecified atom stereocenters. The minimum absolute atomic E-state index is 0.520. The van der Waals surface area contributed by atoms with Gasteiger partial charge in [0.05, 0.1) is 11.4 Å². The van der Waals surface area contributed by atoms with Crippen LogP contribution in [-0.4, -0.2) is 11.9 Å². The van der Waals surface area contributed by atoms with Crippen LogP contribution in [0.4, 0.5) is 22.7 Å². The second kappa shape index (κ2) is 11.9. The van der Waals surface area contributed by atoms with Gasteiger partial charge >= 0.3 is 0 Å². The number of hydrazine groups is 1. The third-order valence-corrected chi connectivity index (χ3v) is 11.4. The zero-order valence-corrected chi connectivity index (χ0v) is 30.1. The Morgan fingerprint density at radius 3 is 0.982 bits per heavy atom. The van der Waals surface area contributed by atoms with E-state index in [4.69, 9.17) is 9.98 Å². The van der Waals surface area contributed by atoms with E-state index in [2.05, 4.69) is 191 Å². The van der Waals surface area contributed by atoms with Gasteiger partial charge in [-0.1, -0.05) is 146 Å². The van der Waals surface area contributed by atoms with Crippen LogP contribution in [0.2, 0.25) is 0 Å². The number of rotatable bonds is 4. The average molecular weight is 717 g/mol. The van der Waals surface area contributed by atoms with Crippen molar-refractivity contribution >= 4 is 126 Å². The lowest BCUT2D eigenvalue weighted by atomic mass is 10.0. The predicted octanol–water partition coefficient (Wildman–Crippen LogP) is 12.2. The van der Waals surface area contributed by atoms with Crippen LogP contribution in [0.25, 0.3) is 91.7 Å². The number of nitrogens with zero attached hydrogens (tertiary/aromatic N) is 2. The van der Waals surface area contributed by atoms with Gasteiger partial charge in [-0.15, -0.1) is 0 Å². The first-order valence-corrected chi connectivity index (χ1v) is 18.9. The molecule has 0 fully saturated rings. The summed E-state index contributed by atoms with van der Waals surface area (Å²) in [7, 11) is 0. The predicted molar refractivity (Wildman–Crippen MR) is 239 cm³/mol. The van der Waals surface area contributed by atoms with E-state index in [9.17, 15) is 0 Å². The molecule has 0 radical (unpaired) electrons. The second-order valence-corrected chi connectivity index (χ2v) is 14.6. The summed E-state index contributed by atoms with van der Waals surface area (Å²) in [4.78, 5) is 10.6. The van der Waals surface area contributed by atoms with Crippen molar-refractivity contribution < 1.29 is 0 Å². The van der Waals surface area contributed by atoms with E-state index in [1.807, 2.05) is 0 Å². The lowest BCUT2D eigenvalue weighted by Gasteiger charge is -2.19. The van der Waals surface area contributed by atoms with Crippen molar-refractivity contribution in [2.75, 3.05) is 10.6 Å². The Balaban J connectivity index is 0.986. The van der Waals surface area contributed by atoms with E-state index < -0.39 is 0 Å². The molecule has 0 heterocycles. The fraction of sp³-hybridized carbons (Fsp3) is 0. The smallest absolute Gasteiger partial charge is 0.220 e. The van der Waals surface area contributed by atoms with Crippen LogP contribution in [-0.2, 0) is 0 Å². The highest BCUT2D eigenvalue weighted by molar-refractivity contribution is 6.16. The Labute approximate surface area is 322 Å². The Morgan fingerprint density at radius 2 is 0.607 bits per heavy atom. The summed E-state index contributed by atoms with van der Waals surface area (Å²) in [5.74, 6) is 1.04. The van der Waals surface area contributed by atoms with Crippen LogP contribution in [0.1, 0.15) is 44.5 Å². The third-order valence-electron chi connectivity index (χ3n) is 11.4. The average Bonchev–Trinajstić information content (AvgIpc) is 4.05. The first-order chi connectivity index (χ1) is 27.7. The van der Waals surface area contributed by atoms with E-state index in [1.165, 1.54) is 66.1 Å². The molecule has 12 rings (SSSR count). The fourth-order valence-corrected chi connectivity index (χ4v) is 8.85. The Kier molecular flexibility index (Phi) is 6.53. The minimum atomic E-state index is 0.520. The van der Waals surface area contributed by atoms with Gasteiger partial charge in [0.1, 0.15) is 0 Å². The molecule has 0 saturated heterocycles. The normalized spacial score (nSPS) is 14.0.